The fourth-order valence-corrected chi connectivity index (χ4v) is 3.77. The van der Waals surface area contributed by atoms with Gasteiger partial charge >= 0.3 is 0 Å². The lowest BCUT2D eigenvalue weighted by molar-refractivity contribution is 0.506. The van der Waals surface area contributed by atoms with Gasteiger partial charge in [0.15, 0.2) is 11.6 Å². The maximum Gasteiger partial charge on any atom is 0.159 e. The average Bonchev–Trinajstić information content (AvgIpc) is 2.79. The van der Waals surface area contributed by atoms with Gasteiger partial charge in [0.2, 0.25) is 0 Å². The number of hydrogen-bond donors (Lipinski definition) is 0. The second-order valence-corrected chi connectivity index (χ2v) is 6.34. The zero-order valence-electron chi connectivity index (χ0n) is 11.3. The van der Waals surface area contributed by atoms with Crippen LogP contribution >= 0.6 is 23.2 Å². The van der Waals surface area contributed by atoms with E-state index in [0.717, 1.165) is 16.7 Å². The van der Waals surface area contributed by atoms with Gasteiger partial charge in [0.05, 0.1) is 4.87 Å². The summed E-state index contributed by atoms with van der Waals surface area (Å²) in [4.78, 5) is -0.799. The largest absolute Gasteiger partial charge is 0.204 e. The number of alkyl halides is 2. The van der Waals surface area contributed by atoms with Crippen LogP contribution in [0.2, 0.25) is 0 Å². The molecular formula is C17H14Cl2F2. The highest BCUT2D eigenvalue weighted by Crippen LogP contribution is 2.49. The molecule has 0 fully saturated rings. The monoisotopic (exact) mass is 326 g/mol. The maximum atomic E-state index is 13.6. The summed E-state index contributed by atoms with van der Waals surface area (Å²) >= 11 is 12.7. The van der Waals surface area contributed by atoms with Gasteiger partial charge in [-0.25, -0.2) is 8.78 Å². The second kappa shape index (κ2) is 5.58. The van der Waals surface area contributed by atoms with E-state index in [0.29, 0.717) is 30.7 Å². The molecule has 2 aromatic carbocycles. The van der Waals surface area contributed by atoms with Crippen molar-refractivity contribution >= 4 is 23.2 Å². The molecule has 0 nitrogen and oxygen atoms in total. The molecule has 0 aromatic heterocycles. The summed E-state index contributed by atoms with van der Waals surface area (Å²) in [7, 11) is 0. The van der Waals surface area contributed by atoms with Gasteiger partial charge in [0.25, 0.3) is 0 Å². The third kappa shape index (κ3) is 2.45. The number of rotatable bonds is 3. The SMILES string of the molecule is Fc1cc2c(cc1F)C(Cl)(c1ccccc1CCCl)CC2. The first-order chi connectivity index (χ1) is 10.1. The van der Waals surface area contributed by atoms with Crippen LogP contribution < -0.4 is 0 Å². The molecule has 0 heterocycles. The van der Waals surface area contributed by atoms with E-state index in [4.69, 9.17) is 23.2 Å². The van der Waals surface area contributed by atoms with Crippen molar-refractivity contribution < 1.29 is 8.78 Å². The van der Waals surface area contributed by atoms with Crippen molar-refractivity contribution in [2.45, 2.75) is 24.1 Å². The Balaban J connectivity index is 2.15. The van der Waals surface area contributed by atoms with E-state index < -0.39 is 16.5 Å². The van der Waals surface area contributed by atoms with Crippen molar-refractivity contribution in [2.75, 3.05) is 5.88 Å². The highest BCUT2D eigenvalue weighted by Gasteiger charge is 2.40. The third-order valence-corrected chi connectivity index (χ3v) is 4.91. The normalized spacial score (nSPS) is 20.6. The number of halogens is 4. The number of aryl methyl sites for hydroxylation is 2. The van der Waals surface area contributed by atoms with Crippen molar-refractivity contribution in [1.29, 1.82) is 0 Å². The zero-order chi connectivity index (χ0) is 15.0. The van der Waals surface area contributed by atoms with Crippen molar-refractivity contribution in [3.05, 3.63) is 70.3 Å². The predicted octanol–water partition coefficient (Wildman–Crippen LogP) is 5.17. The lowest BCUT2D eigenvalue weighted by Gasteiger charge is -2.26. The Morgan fingerprint density at radius 2 is 1.76 bits per heavy atom. The van der Waals surface area contributed by atoms with E-state index in [-0.39, 0.29) is 0 Å². The molecule has 0 bridgehead atoms. The van der Waals surface area contributed by atoms with Gasteiger partial charge < -0.3 is 0 Å². The fraction of sp³-hybridized carbons (Fsp3) is 0.294. The van der Waals surface area contributed by atoms with E-state index in [2.05, 4.69) is 0 Å². The fourth-order valence-electron chi connectivity index (χ4n) is 3.11. The molecule has 4 heteroatoms. The minimum atomic E-state index is -0.851. The van der Waals surface area contributed by atoms with Crippen LogP contribution in [0.25, 0.3) is 0 Å². The van der Waals surface area contributed by atoms with Crippen LogP contribution in [0, 0.1) is 11.6 Å². The highest BCUT2D eigenvalue weighted by atomic mass is 35.5. The smallest absolute Gasteiger partial charge is 0.159 e. The summed E-state index contributed by atoms with van der Waals surface area (Å²) in [6, 6.07) is 10.3. The van der Waals surface area contributed by atoms with Gasteiger partial charge in [0, 0.05) is 5.88 Å². The molecule has 1 aliphatic carbocycles. The summed E-state index contributed by atoms with van der Waals surface area (Å²) in [5.74, 6) is -1.17. The predicted molar refractivity (Wildman–Crippen MR) is 82.2 cm³/mol. The molecule has 3 rings (SSSR count). The van der Waals surface area contributed by atoms with Crippen LogP contribution in [0.15, 0.2) is 36.4 Å². The van der Waals surface area contributed by atoms with E-state index >= 15 is 0 Å². The number of benzene rings is 2. The zero-order valence-corrected chi connectivity index (χ0v) is 12.8. The molecule has 110 valence electrons. The Kier molecular flexibility index (Phi) is 3.94. The van der Waals surface area contributed by atoms with Crippen LogP contribution in [-0.2, 0) is 17.7 Å². The lowest BCUT2D eigenvalue weighted by Crippen LogP contribution is -2.19. The molecule has 0 saturated heterocycles. The van der Waals surface area contributed by atoms with Crippen LogP contribution in [0.5, 0.6) is 0 Å². The topological polar surface area (TPSA) is 0 Å². The van der Waals surface area contributed by atoms with Crippen LogP contribution in [-0.4, -0.2) is 5.88 Å². The van der Waals surface area contributed by atoms with Crippen molar-refractivity contribution in [3.63, 3.8) is 0 Å². The molecule has 0 saturated carbocycles. The van der Waals surface area contributed by atoms with Gasteiger partial charge in [-0.2, -0.15) is 0 Å². The molecule has 1 atom stereocenters. The van der Waals surface area contributed by atoms with Crippen LogP contribution in [0.4, 0.5) is 8.78 Å². The molecule has 1 unspecified atom stereocenters. The van der Waals surface area contributed by atoms with Gasteiger partial charge in [-0.15, -0.1) is 23.2 Å². The summed E-state index contributed by atoms with van der Waals surface area (Å²) in [5, 5.41) is 0. The van der Waals surface area contributed by atoms with Gasteiger partial charge in [-0.1, -0.05) is 24.3 Å². The summed E-state index contributed by atoms with van der Waals surface area (Å²) in [6.45, 7) is 0. The van der Waals surface area contributed by atoms with E-state index in [1.54, 1.807) is 0 Å². The maximum absolute atomic E-state index is 13.6. The van der Waals surface area contributed by atoms with Crippen molar-refractivity contribution in [2.24, 2.45) is 0 Å². The standard InChI is InChI=1S/C17H14Cl2F2/c18-8-6-11-3-1-2-4-13(11)17(19)7-5-12-9-15(20)16(21)10-14(12)17/h1-4,9-10H,5-8H2. The van der Waals surface area contributed by atoms with Gasteiger partial charge in [0.1, 0.15) is 0 Å². The molecule has 0 amide bonds. The quantitative estimate of drug-likeness (QED) is 0.682. The van der Waals surface area contributed by atoms with Gasteiger partial charge in [-0.3, -0.25) is 0 Å². The second-order valence-electron chi connectivity index (χ2n) is 5.32. The molecule has 1 aliphatic rings. The molecule has 2 aromatic rings. The average molecular weight is 327 g/mol. The van der Waals surface area contributed by atoms with Crippen molar-refractivity contribution in [3.8, 4) is 0 Å². The Morgan fingerprint density at radius 3 is 2.52 bits per heavy atom. The number of fused-ring (bicyclic) bond motifs is 1. The molecule has 0 radical (unpaired) electrons. The Hall–Kier alpha value is -1.12. The number of hydrogen-bond acceptors (Lipinski definition) is 0. The molecule has 0 aliphatic heterocycles. The van der Waals surface area contributed by atoms with E-state index in [1.807, 2.05) is 24.3 Å². The van der Waals surface area contributed by atoms with E-state index in [9.17, 15) is 8.78 Å². The highest BCUT2D eigenvalue weighted by molar-refractivity contribution is 6.26. The lowest BCUT2D eigenvalue weighted by atomic mass is 9.87. The minimum absolute atomic E-state index is 0.495. The third-order valence-electron chi connectivity index (χ3n) is 4.12. The molecule has 0 N–H and O–H groups in total. The molecule has 21 heavy (non-hydrogen) atoms. The molecule has 0 spiro atoms. The van der Waals surface area contributed by atoms with Crippen LogP contribution in [0.1, 0.15) is 28.7 Å². The molecular weight excluding hydrogens is 313 g/mol. The summed E-state index contributed by atoms with van der Waals surface area (Å²) in [6.07, 6.45) is 1.97. The minimum Gasteiger partial charge on any atom is -0.204 e. The van der Waals surface area contributed by atoms with Gasteiger partial charge in [-0.05, 0) is 53.6 Å². The van der Waals surface area contributed by atoms with Crippen LogP contribution in [0.3, 0.4) is 0 Å². The summed E-state index contributed by atoms with van der Waals surface area (Å²) < 4.78 is 27.0. The Bertz CT molecular complexity index is 684. The first kappa shape index (κ1) is 14.8. The Labute approximate surface area is 132 Å². The first-order valence-corrected chi connectivity index (χ1v) is 7.79. The van der Waals surface area contributed by atoms with Crippen molar-refractivity contribution in [1.82, 2.24) is 0 Å². The first-order valence-electron chi connectivity index (χ1n) is 6.88. The Morgan fingerprint density at radius 1 is 1.05 bits per heavy atom. The van der Waals surface area contributed by atoms with E-state index in [1.165, 1.54) is 12.1 Å². The summed E-state index contributed by atoms with van der Waals surface area (Å²) in [5.41, 5.74) is 3.45.